The van der Waals surface area contributed by atoms with Gasteiger partial charge in [-0.25, -0.2) is 9.07 Å². The average Bonchev–Trinajstić information content (AvgIpc) is 3.18. The Morgan fingerprint density at radius 3 is 2.75 bits per heavy atom. The number of carbonyl (C=O) groups excluding carboxylic acids is 2. The molecule has 0 spiro atoms. The molecular weight excluding hydrogens is 359 g/mol. The Kier molecular flexibility index (Phi) is 4.65. The third-order valence-electron chi connectivity index (χ3n) is 4.79. The maximum absolute atomic E-state index is 13.1. The zero-order chi connectivity index (χ0) is 19.7. The van der Waals surface area contributed by atoms with E-state index in [2.05, 4.69) is 15.7 Å². The minimum atomic E-state index is -0.327. The predicted molar refractivity (Wildman–Crippen MR) is 103 cm³/mol. The van der Waals surface area contributed by atoms with Crippen molar-refractivity contribution >= 4 is 17.5 Å². The Bertz CT molecular complexity index is 1040. The molecule has 0 aliphatic carbocycles. The number of fused-ring (bicyclic) bond motifs is 1. The van der Waals surface area contributed by atoms with E-state index in [-0.39, 0.29) is 29.4 Å². The molecule has 1 aromatic heterocycles. The van der Waals surface area contributed by atoms with Crippen LogP contribution in [0.25, 0.3) is 5.69 Å². The normalized spacial score (nSPS) is 14.1. The van der Waals surface area contributed by atoms with E-state index in [4.69, 9.17) is 0 Å². The van der Waals surface area contributed by atoms with Crippen molar-refractivity contribution in [3.05, 3.63) is 77.4 Å². The second kappa shape index (κ2) is 7.26. The highest BCUT2D eigenvalue weighted by molar-refractivity contribution is 5.94. The fraction of sp³-hybridized carbons (Fsp3) is 0.190. The van der Waals surface area contributed by atoms with Crippen molar-refractivity contribution in [3.63, 3.8) is 0 Å². The Morgan fingerprint density at radius 1 is 1.18 bits per heavy atom. The molecule has 0 saturated heterocycles. The first-order valence-corrected chi connectivity index (χ1v) is 9.05. The third kappa shape index (κ3) is 3.64. The van der Waals surface area contributed by atoms with Gasteiger partial charge in [-0.1, -0.05) is 12.1 Å². The Hall–Kier alpha value is -3.48. The smallest absolute Gasteiger partial charge is 0.272 e. The van der Waals surface area contributed by atoms with Crippen LogP contribution in [0.2, 0.25) is 0 Å². The molecule has 7 heteroatoms. The molecule has 1 aliphatic rings. The molecule has 4 rings (SSSR count). The van der Waals surface area contributed by atoms with Crippen LogP contribution in [0, 0.1) is 5.82 Å². The summed E-state index contributed by atoms with van der Waals surface area (Å²) in [7, 11) is 0. The zero-order valence-electron chi connectivity index (χ0n) is 15.3. The maximum atomic E-state index is 13.1. The van der Waals surface area contributed by atoms with E-state index in [0.717, 1.165) is 16.8 Å². The minimum absolute atomic E-state index is 0.0262. The molecule has 2 aromatic carbocycles. The van der Waals surface area contributed by atoms with Crippen LogP contribution in [0.1, 0.15) is 41.0 Å². The largest absolute Gasteiger partial charge is 0.344 e. The molecule has 3 aromatic rings. The summed E-state index contributed by atoms with van der Waals surface area (Å²) in [5, 5.41) is 10.1. The lowest BCUT2D eigenvalue weighted by molar-refractivity contribution is -0.116. The van der Waals surface area contributed by atoms with Crippen molar-refractivity contribution in [2.45, 2.75) is 25.8 Å². The number of rotatable bonds is 4. The number of anilines is 1. The van der Waals surface area contributed by atoms with Gasteiger partial charge in [0.05, 0.1) is 11.7 Å². The molecule has 2 amide bonds. The number of carbonyl (C=O) groups is 2. The van der Waals surface area contributed by atoms with Gasteiger partial charge in [0.2, 0.25) is 5.91 Å². The fourth-order valence-electron chi connectivity index (χ4n) is 3.21. The van der Waals surface area contributed by atoms with Gasteiger partial charge in [-0.2, -0.15) is 5.10 Å². The summed E-state index contributed by atoms with van der Waals surface area (Å²) in [6.07, 6.45) is 2.82. The van der Waals surface area contributed by atoms with E-state index in [9.17, 15) is 14.0 Å². The van der Waals surface area contributed by atoms with Crippen LogP contribution >= 0.6 is 0 Å². The lowest BCUT2D eigenvalue weighted by atomic mass is 9.98. The molecule has 0 radical (unpaired) electrons. The monoisotopic (exact) mass is 378 g/mol. The lowest BCUT2D eigenvalue weighted by Gasteiger charge is -2.20. The standard InChI is InChI=1S/C21H19FN4O2/c1-13(14-2-8-18-15(12-14)3-9-20(27)24-18)23-21(28)19-10-11-26(25-19)17-6-4-16(22)5-7-17/h2,4-8,10-13H,3,9H2,1H3,(H,23,28)(H,24,27)/t13-/m1/s1. The van der Waals surface area contributed by atoms with Crippen molar-refractivity contribution in [3.8, 4) is 5.69 Å². The summed E-state index contributed by atoms with van der Waals surface area (Å²) in [5.74, 6) is -0.593. The Morgan fingerprint density at radius 2 is 1.96 bits per heavy atom. The summed E-state index contributed by atoms with van der Waals surface area (Å²) in [6.45, 7) is 1.90. The summed E-state index contributed by atoms with van der Waals surface area (Å²) < 4.78 is 14.6. The Balaban J connectivity index is 1.46. The third-order valence-corrected chi connectivity index (χ3v) is 4.79. The first kappa shape index (κ1) is 17.9. The highest BCUT2D eigenvalue weighted by Gasteiger charge is 2.18. The lowest BCUT2D eigenvalue weighted by Crippen LogP contribution is -2.27. The molecule has 6 nitrogen and oxygen atoms in total. The molecule has 2 N–H and O–H groups in total. The molecule has 2 heterocycles. The van der Waals surface area contributed by atoms with Gasteiger partial charge in [-0.15, -0.1) is 0 Å². The number of amides is 2. The first-order valence-electron chi connectivity index (χ1n) is 9.05. The predicted octanol–water partition coefficient (Wildman–Crippen LogP) is 3.39. The van der Waals surface area contributed by atoms with Crippen LogP contribution in [0.3, 0.4) is 0 Å². The molecule has 0 unspecified atom stereocenters. The van der Waals surface area contributed by atoms with E-state index in [1.54, 1.807) is 24.4 Å². The van der Waals surface area contributed by atoms with Crippen LogP contribution in [0.15, 0.2) is 54.7 Å². The average molecular weight is 378 g/mol. The second-order valence-electron chi connectivity index (χ2n) is 6.78. The van der Waals surface area contributed by atoms with Crippen molar-refractivity contribution in [1.82, 2.24) is 15.1 Å². The summed E-state index contributed by atoms with van der Waals surface area (Å²) >= 11 is 0. The minimum Gasteiger partial charge on any atom is -0.344 e. The highest BCUT2D eigenvalue weighted by atomic mass is 19.1. The molecule has 1 aliphatic heterocycles. The van der Waals surface area contributed by atoms with Gasteiger partial charge in [0.15, 0.2) is 5.69 Å². The van der Waals surface area contributed by atoms with Crippen LogP contribution in [0.4, 0.5) is 10.1 Å². The quantitative estimate of drug-likeness (QED) is 0.731. The number of hydrogen-bond acceptors (Lipinski definition) is 3. The number of hydrogen-bond donors (Lipinski definition) is 2. The van der Waals surface area contributed by atoms with Gasteiger partial charge in [0.25, 0.3) is 5.91 Å². The molecule has 1 atom stereocenters. The number of aryl methyl sites for hydroxylation is 1. The second-order valence-corrected chi connectivity index (χ2v) is 6.78. The SMILES string of the molecule is C[C@@H](NC(=O)c1ccn(-c2ccc(F)cc2)n1)c1ccc2c(c1)CCC(=O)N2. The van der Waals surface area contributed by atoms with Gasteiger partial charge < -0.3 is 10.6 Å². The van der Waals surface area contributed by atoms with E-state index in [1.807, 2.05) is 25.1 Å². The molecule has 0 fully saturated rings. The zero-order valence-corrected chi connectivity index (χ0v) is 15.3. The molecule has 0 bridgehead atoms. The molecule has 142 valence electrons. The van der Waals surface area contributed by atoms with E-state index in [1.165, 1.54) is 16.8 Å². The van der Waals surface area contributed by atoms with Crippen molar-refractivity contribution < 1.29 is 14.0 Å². The van der Waals surface area contributed by atoms with E-state index < -0.39 is 0 Å². The van der Waals surface area contributed by atoms with Gasteiger partial charge in [0.1, 0.15) is 5.82 Å². The van der Waals surface area contributed by atoms with Gasteiger partial charge in [0, 0.05) is 18.3 Å². The van der Waals surface area contributed by atoms with E-state index in [0.29, 0.717) is 18.5 Å². The molecular formula is C21H19FN4O2. The number of benzene rings is 2. The number of nitrogens with one attached hydrogen (secondary N) is 2. The number of nitrogens with zero attached hydrogens (tertiary/aromatic N) is 2. The van der Waals surface area contributed by atoms with Crippen LogP contribution in [-0.2, 0) is 11.2 Å². The van der Waals surface area contributed by atoms with Crippen LogP contribution < -0.4 is 10.6 Å². The van der Waals surface area contributed by atoms with Crippen molar-refractivity contribution in [1.29, 1.82) is 0 Å². The number of halogens is 1. The maximum Gasteiger partial charge on any atom is 0.272 e. The highest BCUT2D eigenvalue weighted by Crippen LogP contribution is 2.26. The summed E-state index contributed by atoms with van der Waals surface area (Å²) in [4.78, 5) is 24.0. The van der Waals surface area contributed by atoms with Crippen LogP contribution in [-0.4, -0.2) is 21.6 Å². The van der Waals surface area contributed by atoms with Gasteiger partial charge >= 0.3 is 0 Å². The first-order chi connectivity index (χ1) is 13.5. The van der Waals surface area contributed by atoms with Gasteiger partial charge in [-0.05, 0) is 60.9 Å². The molecule has 0 saturated carbocycles. The summed E-state index contributed by atoms with van der Waals surface area (Å²) in [6, 6.07) is 13.1. The molecule has 28 heavy (non-hydrogen) atoms. The topological polar surface area (TPSA) is 76.0 Å². The van der Waals surface area contributed by atoms with Gasteiger partial charge in [-0.3, -0.25) is 9.59 Å². The fourth-order valence-corrected chi connectivity index (χ4v) is 3.21. The number of aromatic nitrogens is 2. The van der Waals surface area contributed by atoms with E-state index >= 15 is 0 Å². The van der Waals surface area contributed by atoms with Crippen molar-refractivity contribution in [2.75, 3.05) is 5.32 Å². The Labute approximate surface area is 161 Å². The summed E-state index contributed by atoms with van der Waals surface area (Å²) in [5.41, 5.74) is 3.81. The van der Waals surface area contributed by atoms with Crippen LogP contribution in [0.5, 0.6) is 0 Å². The van der Waals surface area contributed by atoms with Crippen molar-refractivity contribution in [2.24, 2.45) is 0 Å².